The number of carbonyl (C=O) groups excluding carboxylic acids is 2. The van der Waals surface area contributed by atoms with Crippen molar-refractivity contribution in [1.82, 2.24) is 0 Å². The Morgan fingerprint density at radius 1 is 0.938 bits per heavy atom. The third kappa shape index (κ3) is 3.56. The van der Waals surface area contributed by atoms with Gasteiger partial charge in [-0.15, -0.1) is 0 Å². The number of benzene rings is 2. The molecule has 0 fully saturated rings. The lowest BCUT2D eigenvalue weighted by molar-refractivity contribution is 0.0699. The van der Waals surface area contributed by atoms with E-state index in [0.717, 1.165) is 0 Å². The Morgan fingerprint density at radius 2 is 1.69 bits per heavy atom. The molecule has 8 heteroatoms. The topological polar surface area (TPSA) is 93.4 Å². The maximum absolute atomic E-state index is 12.9. The Bertz CT molecular complexity index is 1220. The molecule has 0 N–H and O–H groups in total. The number of furan rings is 1. The summed E-state index contributed by atoms with van der Waals surface area (Å²) < 4.78 is 32.5. The molecule has 164 valence electrons. The van der Waals surface area contributed by atoms with Gasteiger partial charge in [0, 0.05) is 11.1 Å². The first-order valence-electron chi connectivity index (χ1n) is 9.61. The van der Waals surface area contributed by atoms with Gasteiger partial charge in [0.15, 0.2) is 17.3 Å². The Morgan fingerprint density at radius 3 is 2.34 bits per heavy atom. The number of allylic oxidation sites excluding steroid dienone is 1. The maximum atomic E-state index is 12.9. The number of hydrogen-bond donors (Lipinski definition) is 0. The normalized spacial score (nSPS) is 13.5. The molecule has 0 spiro atoms. The first-order chi connectivity index (χ1) is 15.5. The molecular formula is C24H20O8. The molecule has 1 aromatic heterocycles. The summed E-state index contributed by atoms with van der Waals surface area (Å²) in [5.41, 5.74) is 1.45. The fourth-order valence-corrected chi connectivity index (χ4v) is 3.40. The van der Waals surface area contributed by atoms with Gasteiger partial charge in [-0.3, -0.25) is 4.79 Å². The average molecular weight is 436 g/mol. The van der Waals surface area contributed by atoms with Crippen LogP contribution in [0.5, 0.6) is 28.7 Å². The molecule has 3 aromatic rings. The van der Waals surface area contributed by atoms with Gasteiger partial charge in [0.25, 0.3) is 0 Å². The number of fused-ring (bicyclic) bond motifs is 1. The first-order valence-corrected chi connectivity index (χ1v) is 9.61. The number of ketones is 1. The number of Topliss-reactive ketones (excluding diaryl/α,β-unsaturated/α-hetero) is 1. The monoisotopic (exact) mass is 436 g/mol. The second-order valence-electron chi connectivity index (χ2n) is 6.80. The summed E-state index contributed by atoms with van der Waals surface area (Å²) in [4.78, 5) is 25.1. The van der Waals surface area contributed by atoms with Crippen LogP contribution in [0.2, 0.25) is 0 Å². The predicted octanol–water partition coefficient (Wildman–Crippen LogP) is 4.45. The molecule has 0 unspecified atom stereocenters. The Kier molecular flexibility index (Phi) is 5.59. The Labute approximate surface area is 183 Å². The van der Waals surface area contributed by atoms with Crippen molar-refractivity contribution in [2.45, 2.75) is 6.92 Å². The fraction of sp³-hybridized carbons (Fsp3) is 0.167. The summed E-state index contributed by atoms with van der Waals surface area (Å²) in [6.45, 7) is 1.71. The zero-order valence-corrected chi connectivity index (χ0v) is 17.9. The highest BCUT2D eigenvalue weighted by Crippen LogP contribution is 2.43. The zero-order valence-electron chi connectivity index (χ0n) is 17.9. The quantitative estimate of drug-likeness (QED) is 0.318. The highest BCUT2D eigenvalue weighted by Gasteiger charge is 2.31. The van der Waals surface area contributed by atoms with E-state index in [9.17, 15) is 9.59 Å². The van der Waals surface area contributed by atoms with Gasteiger partial charge in [-0.25, -0.2) is 4.79 Å². The van der Waals surface area contributed by atoms with Gasteiger partial charge >= 0.3 is 5.97 Å². The summed E-state index contributed by atoms with van der Waals surface area (Å²) in [5, 5.41) is 0. The maximum Gasteiger partial charge on any atom is 0.379 e. The number of rotatable bonds is 6. The highest BCUT2D eigenvalue weighted by molar-refractivity contribution is 6.15. The van der Waals surface area contributed by atoms with E-state index in [0.29, 0.717) is 39.7 Å². The SMILES string of the molecule is COc1ccc(/C=C2\Oc3c(ccc(OC(=O)c4ccco4)c3C)C2=O)c(OC)c1OC. The predicted molar refractivity (Wildman–Crippen MR) is 114 cm³/mol. The van der Waals surface area contributed by atoms with E-state index in [1.807, 2.05) is 0 Å². The first kappa shape index (κ1) is 21.0. The van der Waals surface area contributed by atoms with Crippen LogP contribution < -0.4 is 23.7 Å². The molecule has 2 aromatic carbocycles. The van der Waals surface area contributed by atoms with Gasteiger partial charge in [0.05, 0.1) is 33.2 Å². The molecule has 8 nitrogen and oxygen atoms in total. The zero-order chi connectivity index (χ0) is 22.8. The Balaban J connectivity index is 1.67. The minimum atomic E-state index is -0.645. The van der Waals surface area contributed by atoms with Crippen LogP contribution in [0.4, 0.5) is 0 Å². The molecule has 0 atom stereocenters. The van der Waals surface area contributed by atoms with E-state index in [1.165, 1.54) is 33.7 Å². The lowest BCUT2D eigenvalue weighted by atomic mass is 10.1. The van der Waals surface area contributed by atoms with Crippen LogP contribution in [0.3, 0.4) is 0 Å². The second-order valence-corrected chi connectivity index (χ2v) is 6.80. The minimum absolute atomic E-state index is 0.0722. The van der Waals surface area contributed by atoms with Crippen molar-refractivity contribution in [1.29, 1.82) is 0 Å². The molecule has 32 heavy (non-hydrogen) atoms. The molecular weight excluding hydrogens is 416 g/mol. The van der Waals surface area contributed by atoms with Crippen molar-refractivity contribution in [2.24, 2.45) is 0 Å². The van der Waals surface area contributed by atoms with Gasteiger partial charge < -0.3 is 28.1 Å². The highest BCUT2D eigenvalue weighted by atomic mass is 16.6. The fourth-order valence-electron chi connectivity index (χ4n) is 3.40. The van der Waals surface area contributed by atoms with Crippen molar-refractivity contribution in [3.63, 3.8) is 0 Å². The van der Waals surface area contributed by atoms with E-state index in [-0.39, 0.29) is 23.1 Å². The molecule has 0 radical (unpaired) electrons. The van der Waals surface area contributed by atoms with E-state index < -0.39 is 5.97 Å². The molecule has 1 aliphatic rings. The van der Waals surface area contributed by atoms with Crippen LogP contribution in [-0.4, -0.2) is 33.1 Å². The van der Waals surface area contributed by atoms with Gasteiger partial charge in [-0.2, -0.15) is 0 Å². The molecule has 1 aliphatic heterocycles. The number of ether oxygens (including phenoxy) is 5. The van der Waals surface area contributed by atoms with Crippen molar-refractivity contribution in [2.75, 3.05) is 21.3 Å². The van der Waals surface area contributed by atoms with Crippen LogP contribution >= 0.6 is 0 Å². The van der Waals surface area contributed by atoms with Crippen molar-refractivity contribution in [3.05, 3.63) is 70.9 Å². The lowest BCUT2D eigenvalue weighted by Gasteiger charge is -2.14. The Hall–Kier alpha value is -4.20. The van der Waals surface area contributed by atoms with Gasteiger partial charge in [0.1, 0.15) is 11.5 Å². The summed E-state index contributed by atoms with van der Waals surface area (Å²) in [7, 11) is 4.52. The van der Waals surface area contributed by atoms with Crippen molar-refractivity contribution in [3.8, 4) is 28.7 Å². The van der Waals surface area contributed by atoms with E-state index >= 15 is 0 Å². The van der Waals surface area contributed by atoms with Gasteiger partial charge in [-0.1, -0.05) is 0 Å². The van der Waals surface area contributed by atoms with Crippen LogP contribution in [-0.2, 0) is 0 Å². The summed E-state index contributed by atoms with van der Waals surface area (Å²) >= 11 is 0. The average Bonchev–Trinajstić information content (AvgIpc) is 3.45. The molecule has 0 bridgehead atoms. The largest absolute Gasteiger partial charge is 0.493 e. The molecule has 0 saturated heterocycles. The van der Waals surface area contributed by atoms with E-state index in [2.05, 4.69) is 0 Å². The van der Waals surface area contributed by atoms with Crippen LogP contribution in [0.25, 0.3) is 6.08 Å². The van der Waals surface area contributed by atoms with Crippen LogP contribution in [0.15, 0.2) is 52.8 Å². The summed E-state index contributed by atoms with van der Waals surface area (Å²) in [6, 6.07) is 9.64. The molecule has 2 heterocycles. The van der Waals surface area contributed by atoms with Crippen LogP contribution in [0, 0.1) is 6.92 Å². The van der Waals surface area contributed by atoms with E-state index in [1.54, 1.807) is 43.3 Å². The summed E-state index contributed by atoms with van der Waals surface area (Å²) in [5.74, 6) is 1.11. The van der Waals surface area contributed by atoms with E-state index in [4.69, 9.17) is 28.1 Å². The van der Waals surface area contributed by atoms with Crippen LogP contribution in [0.1, 0.15) is 32.0 Å². The van der Waals surface area contributed by atoms with Gasteiger partial charge in [0.2, 0.25) is 17.3 Å². The number of carbonyl (C=O) groups is 2. The number of esters is 1. The molecule has 4 rings (SSSR count). The third-order valence-corrected chi connectivity index (χ3v) is 4.98. The number of hydrogen-bond acceptors (Lipinski definition) is 8. The van der Waals surface area contributed by atoms with Crippen molar-refractivity contribution >= 4 is 17.8 Å². The standard InChI is InChI=1S/C24H20O8/c1-13-16(32-24(26)18-6-5-11-30-18)10-8-15-20(25)19(31-21(13)15)12-14-7-9-17(27-2)23(29-4)22(14)28-3/h5-12H,1-4H3/b19-12-. The third-order valence-electron chi connectivity index (χ3n) is 4.98. The number of methoxy groups -OCH3 is 3. The van der Waals surface area contributed by atoms with Gasteiger partial charge in [-0.05, 0) is 49.4 Å². The smallest absolute Gasteiger partial charge is 0.379 e. The van der Waals surface area contributed by atoms with Crippen molar-refractivity contribution < 1.29 is 37.7 Å². The summed E-state index contributed by atoms with van der Waals surface area (Å²) in [6.07, 6.45) is 2.95. The molecule has 0 amide bonds. The lowest BCUT2D eigenvalue weighted by Crippen LogP contribution is -2.08. The molecule has 0 aliphatic carbocycles. The second kappa shape index (κ2) is 8.50. The minimum Gasteiger partial charge on any atom is -0.493 e. The molecule has 0 saturated carbocycles.